The summed E-state index contributed by atoms with van der Waals surface area (Å²) in [6.07, 6.45) is 1.88. The summed E-state index contributed by atoms with van der Waals surface area (Å²) in [6.45, 7) is 0.610. The standard InChI is InChI=1S/C18H19N5O/c19-13-17(18(20)21)23-22-15-9-4-10-16(12-15)24-11-5-8-14-6-2-1-3-7-14/h1-4,6-7,9-10,12,22H,5,8,11H2,(H3,20,21)/b23-17+. The summed E-state index contributed by atoms with van der Waals surface area (Å²) in [6, 6.07) is 19.3. The molecule has 122 valence electrons. The molecule has 0 saturated heterocycles. The SMILES string of the molecule is N#C/C(=N\Nc1cccc(OCCCc2ccccc2)c1)C(=N)N. The summed E-state index contributed by atoms with van der Waals surface area (Å²) in [4.78, 5) is 0. The largest absolute Gasteiger partial charge is 0.494 e. The number of benzene rings is 2. The van der Waals surface area contributed by atoms with Crippen molar-refractivity contribution in [3.63, 3.8) is 0 Å². The van der Waals surface area contributed by atoms with Crippen LogP contribution in [0.15, 0.2) is 59.7 Å². The number of nitrogens with zero attached hydrogens (tertiary/aromatic N) is 2. The third kappa shape index (κ3) is 5.46. The summed E-state index contributed by atoms with van der Waals surface area (Å²) < 4.78 is 5.73. The lowest BCUT2D eigenvalue weighted by Gasteiger charge is -2.08. The number of hydrogen-bond donors (Lipinski definition) is 3. The van der Waals surface area contributed by atoms with Crippen LogP contribution >= 0.6 is 0 Å². The van der Waals surface area contributed by atoms with Crippen LogP contribution in [0, 0.1) is 16.7 Å². The van der Waals surface area contributed by atoms with Gasteiger partial charge in [0.05, 0.1) is 12.3 Å². The molecule has 0 saturated carbocycles. The molecule has 0 aliphatic rings. The Bertz CT molecular complexity index is 750. The lowest BCUT2D eigenvalue weighted by atomic mass is 10.1. The highest BCUT2D eigenvalue weighted by Crippen LogP contribution is 2.17. The van der Waals surface area contributed by atoms with Gasteiger partial charge in [0, 0.05) is 6.07 Å². The molecule has 0 atom stereocenters. The van der Waals surface area contributed by atoms with Crippen molar-refractivity contribution in [2.75, 3.05) is 12.0 Å². The molecule has 4 N–H and O–H groups in total. The molecule has 6 heteroatoms. The first kappa shape index (κ1) is 17.0. The lowest BCUT2D eigenvalue weighted by Crippen LogP contribution is -2.21. The van der Waals surface area contributed by atoms with Crippen LogP contribution in [0.3, 0.4) is 0 Å². The minimum Gasteiger partial charge on any atom is -0.494 e. The van der Waals surface area contributed by atoms with E-state index in [-0.39, 0.29) is 11.5 Å². The Morgan fingerprint density at radius 3 is 2.71 bits per heavy atom. The number of hydrogen-bond acceptors (Lipinski definition) is 5. The number of hydrazone groups is 1. The van der Waals surface area contributed by atoms with E-state index in [4.69, 9.17) is 21.1 Å². The third-order valence-electron chi connectivity index (χ3n) is 3.21. The third-order valence-corrected chi connectivity index (χ3v) is 3.21. The number of nitriles is 1. The Hall–Kier alpha value is -3.33. The fourth-order valence-corrected chi connectivity index (χ4v) is 2.03. The molecule has 0 spiro atoms. The number of aryl methyl sites for hydroxylation is 1. The molecule has 2 aromatic rings. The molecule has 0 aliphatic heterocycles. The van der Waals surface area contributed by atoms with Gasteiger partial charge in [0.1, 0.15) is 11.8 Å². The highest BCUT2D eigenvalue weighted by molar-refractivity contribution is 6.45. The van der Waals surface area contributed by atoms with Crippen LogP contribution in [-0.4, -0.2) is 18.2 Å². The van der Waals surface area contributed by atoms with Gasteiger partial charge in [-0.2, -0.15) is 10.4 Å². The minimum atomic E-state index is -0.377. The van der Waals surface area contributed by atoms with Crippen molar-refractivity contribution in [2.24, 2.45) is 10.8 Å². The number of rotatable bonds is 8. The van der Waals surface area contributed by atoms with Crippen molar-refractivity contribution in [1.29, 1.82) is 10.7 Å². The van der Waals surface area contributed by atoms with E-state index < -0.39 is 0 Å². The molecule has 2 aromatic carbocycles. The topological polar surface area (TPSA) is 107 Å². The molecule has 0 aromatic heterocycles. The Labute approximate surface area is 141 Å². The maximum atomic E-state index is 8.80. The zero-order chi connectivity index (χ0) is 17.2. The van der Waals surface area contributed by atoms with E-state index in [1.165, 1.54) is 5.56 Å². The van der Waals surface area contributed by atoms with Gasteiger partial charge in [-0.3, -0.25) is 10.8 Å². The Balaban J connectivity index is 1.84. The fraction of sp³-hybridized carbons (Fsp3) is 0.167. The van der Waals surface area contributed by atoms with E-state index in [0.717, 1.165) is 12.8 Å². The van der Waals surface area contributed by atoms with Gasteiger partial charge in [0.25, 0.3) is 0 Å². The molecule has 0 radical (unpaired) electrons. The maximum absolute atomic E-state index is 8.80. The summed E-state index contributed by atoms with van der Waals surface area (Å²) >= 11 is 0. The van der Waals surface area contributed by atoms with Crippen LogP contribution in [0.2, 0.25) is 0 Å². The highest BCUT2D eigenvalue weighted by atomic mass is 16.5. The molecule has 6 nitrogen and oxygen atoms in total. The van der Waals surface area contributed by atoms with Crippen molar-refractivity contribution in [2.45, 2.75) is 12.8 Å². The normalized spacial score (nSPS) is 10.7. The Morgan fingerprint density at radius 1 is 1.21 bits per heavy atom. The molecule has 0 unspecified atom stereocenters. The molecular formula is C18H19N5O. The van der Waals surface area contributed by atoms with E-state index >= 15 is 0 Å². The zero-order valence-corrected chi connectivity index (χ0v) is 13.2. The minimum absolute atomic E-state index is 0.163. The number of nitrogens with two attached hydrogens (primary N) is 1. The van der Waals surface area contributed by atoms with Crippen molar-refractivity contribution in [3.8, 4) is 11.8 Å². The van der Waals surface area contributed by atoms with E-state index in [9.17, 15) is 0 Å². The van der Waals surface area contributed by atoms with Gasteiger partial charge in [-0.1, -0.05) is 36.4 Å². The van der Waals surface area contributed by atoms with Gasteiger partial charge < -0.3 is 10.5 Å². The van der Waals surface area contributed by atoms with Crippen LogP contribution in [0.25, 0.3) is 0 Å². The summed E-state index contributed by atoms with van der Waals surface area (Å²) in [5.41, 5.74) is 9.72. The smallest absolute Gasteiger partial charge is 0.201 e. The van der Waals surface area contributed by atoms with Gasteiger partial charge in [-0.05, 0) is 30.5 Å². The maximum Gasteiger partial charge on any atom is 0.201 e. The first-order valence-electron chi connectivity index (χ1n) is 7.54. The van der Waals surface area contributed by atoms with Gasteiger partial charge in [-0.25, -0.2) is 0 Å². The van der Waals surface area contributed by atoms with E-state index in [0.29, 0.717) is 18.0 Å². The number of anilines is 1. The number of ether oxygens (including phenoxy) is 1. The quantitative estimate of drug-likeness (QED) is 0.301. The number of amidine groups is 1. The second-order valence-corrected chi connectivity index (χ2v) is 5.06. The molecule has 0 aliphatic carbocycles. The molecule has 0 amide bonds. The molecule has 2 rings (SSSR count). The Morgan fingerprint density at radius 2 is 2.00 bits per heavy atom. The van der Waals surface area contributed by atoms with E-state index in [2.05, 4.69) is 22.7 Å². The summed E-state index contributed by atoms with van der Waals surface area (Å²) in [5.74, 6) is 0.336. The monoisotopic (exact) mass is 321 g/mol. The van der Waals surface area contributed by atoms with Crippen LogP contribution < -0.4 is 15.9 Å². The fourth-order valence-electron chi connectivity index (χ4n) is 2.03. The van der Waals surface area contributed by atoms with Crippen molar-refractivity contribution < 1.29 is 4.74 Å². The predicted molar refractivity (Wildman–Crippen MR) is 95.3 cm³/mol. The first-order chi connectivity index (χ1) is 11.7. The second-order valence-electron chi connectivity index (χ2n) is 5.06. The predicted octanol–water partition coefficient (Wildman–Crippen LogP) is 2.93. The molecule has 0 fully saturated rings. The van der Waals surface area contributed by atoms with E-state index in [1.807, 2.05) is 30.3 Å². The van der Waals surface area contributed by atoms with Crippen molar-refractivity contribution in [3.05, 3.63) is 60.2 Å². The highest BCUT2D eigenvalue weighted by Gasteiger charge is 2.02. The van der Waals surface area contributed by atoms with Gasteiger partial charge in [-0.15, -0.1) is 0 Å². The molecular weight excluding hydrogens is 302 g/mol. The van der Waals surface area contributed by atoms with Gasteiger partial charge >= 0.3 is 0 Å². The van der Waals surface area contributed by atoms with Crippen LogP contribution in [0.5, 0.6) is 5.75 Å². The summed E-state index contributed by atoms with van der Waals surface area (Å²) in [7, 11) is 0. The van der Waals surface area contributed by atoms with Crippen LogP contribution in [0.1, 0.15) is 12.0 Å². The molecule has 24 heavy (non-hydrogen) atoms. The second kappa shape index (κ2) is 8.96. The number of nitrogens with one attached hydrogen (secondary N) is 2. The Kier molecular flexibility index (Phi) is 6.35. The average Bonchev–Trinajstić information content (AvgIpc) is 2.60. The first-order valence-corrected chi connectivity index (χ1v) is 7.54. The van der Waals surface area contributed by atoms with Crippen molar-refractivity contribution >= 4 is 17.2 Å². The van der Waals surface area contributed by atoms with Crippen LogP contribution in [-0.2, 0) is 6.42 Å². The molecule has 0 bridgehead atoms. The van der Waals surface area contributed by atoms with Crippen molar-refractivity contribution in [1.82, 2.24) is 0 Å². The zero-order valence-electron chi connectivity index (χ0n) is 13.2. The van der Waals surface area contributed by atoms with E-state index in [1.54, 1.807) is 18.2 Å². The average molecular weight is 321 g/mol. The van der Waals surface area contributed by atoms with Crippen LogP contribution in [0.4, 0.5) is 5.69 Å². The molecule has 0 heterocycles. The lowest BCUT2D eigenvalue weighted by molar-refractivity contribution is 0.311. The van der Waals surface area contributed by atoms with Gasteiger partial charge in [0.15, 0.2) is 5.84 Å². The van der Waals surface area contributed by atoms with Gasteiger partial charge in [0.2, 0.25) is 5.71 Å². The summed E-state index contributed by atoms with van der Waals surface area (Å²) in [5, 5.41) is 19.8.